The number of hydrogen-bond donors (Lipinski definition) is 2. The van der Waals surface area contributed by atoms with Crippen LogP contribution in [0, 0.1) is 0 Å². The Hall–Kier alpha value is -1.35. The SMILES string of the molecule is CCCNCCNC(=O)C(C)c1ccccc1. The molecule has 3 nitrogen and oxygen atoms in total. The van der Waals surface area contributed by atoms with E-state index in [2.05, 4.69) is 17.6 Å². The summed E-state index contributed by atoms with van der Waals surface area (Å²) in [4.78, 5) is 11.8. The number of hydrogen-bond acceptors (Lipinski definition) is 2. The molecule has 0 aromatic heterocycles. The van der Waals surface area contributed by atoms with E-state index in [1.165, 1.54) is 0 Å². The molecule has 0 aliphatic carbocycles. The van der Waals surface area contributed by atoms with Gasteiger partial charge in [0.05, 0.1) is 5.92 Å². The fourth-order valence-corrected chi connectivity index (χ4v) is 1.62. The Balaban J connectivity index is 2.28. The van der Waals surface area contributed by atoms with Crippen molar-refractivity contribution in [2.45, 2.75) is 26.2 Å². The Kier molecular flexibility index (Phi) is 6.33. The zero-order valence-electron chi connectivity index (χ0n) is 10.7. The summed E-state index contributed by atoms with van der Waals surface area (Å²) < 4.78 is 0. The molecule has 0 saturated heterocycles. The maximum Gasteiger partial charge on any atom is 0.227 e. The maximum absolute atomic E-state index is 11.8. The molecule has 0 heterocycles. The standard InChI is InChI=1S/C14H22N2O/c1-3-9-15-10-11-16-14(17)12(2)13-7-5-4-6-8-13/h4-8,12,15H,3,9-11H2,1-2H3,(H,16,17). The second kappa shape index (κ2) is 7.85. The van der Waals surface area contributed by atoms with Crippen molar-refractivity contribution in [3.8, 4) is 0 Å². The van der Waals surface area contributed by atoms with E-state index in [4.69, 9.17) is 0 Å². The van der Waals surface area contributed by atoms with E-state index in [1.807, 2.05) is 37.3 Å². The molecule has 0 fully saturated rings. The van der Waals surface area contributed by atoms with E-state index in [-0.39, 0.29) is 11.8 Å². The number of amides is 1. The number of carbonyl (C=O) groups is 1. The summed E-state index contributed by atoms with van der Waals surface area (Å²) in [6, 6.07) is 9.85. The average Bonchev–Trinajstić information content (AvgIpc) is 2.38. The van der Waals surface area contributed by atoms with Gasteiger partial charge >= 0.3 is 0 Å². The molecule has 1 aromatic carbocycles. The Morgan fingerprint density at radius 1 is 1.18 bits per heavy atom. The minimum absolute atomic E-state index is 0.0811. The number of rotatable bonds is 7. The third kappa shape index (κ3) is 5.00. The summed E-state index contributed by atoms with van der Waals surface area (Å²) in [7, 11) is 0. The largest absolute Gasteiger partial charge is 0.354 e. The lowest BCUT2D eigenvalue weighted by Crippen LogP contribution is -2.34. The van der Waals surface area contributed by atoms with Crippen LogP contribution in [0.1, 0.15) is 31.7 Å². The Bertz CT molecular complexity index is 324. The van der Waals surface area contributed by atoms with Crippen molar-refractivity contribution < 1.29 is 4.79 Å². The summed E-state index contributed by atoms with van der Waals surface area (Å²) in [6.07, 6.45) is 1.12. The molecule has 1 amide bonds. The lowest BCUT2D eigenvalue weighted by molar-refractivity contribution is -0.122. The molecule has 0 aliphatic heterocycles. The van der Waals surface area contributed by atoms with Gasteiger partial charge in [0.15, 0.2) is 0 Å². The van der Waals surface area contributed by atoms with Gasteiger partial charge in [0.25, 0.3) is 0 Å². The van der Waals surface area contributed by atoms with Gasteiger partial charge in [0.1, 0.15) is 0 Å². The van der Waals surface area contributed by atoms with Crippen LogP contribution in [-0.4, -0.2) is 25.5 Å². The summed E-state index contributed by atoms with van der Waals surface area (Å²) in [5.41, 5.74) is 1.06. The van der Waals surface area contributed by atoms with Crippen LogP contribution >= 0.6 is 0 Å². The van der Waals surface area contributed by atoms with Crippen LogP contribution in [0.15, 0.2) is 30.3 Å². The molecule has 94 valence electrons. The Labute approximate surface area is 104 Å². The molecule has 0 saturated carbocycles. The summed E-state index contributed by atoms with van der Waals surface area (Å²) >= 11 is 0. The first-order chi connectivity index (χ1) is 8.25. The van der Waals surface area contributed by atoms with Crippen molar-refractivity contribution in [1.29, 1.82) is 0 Å². The molecule has 1 unspecified atom stereocenters. The molecule has 0 aliphatic rings. The van der Waals surface area contributed by atoms with Crippen molar-refractivity contribution in [3.63, 3.8) is 0 Å². The highest BCUT2D eigenvalue weighted by Crippen LogP contribution is 2.13. The van der Waals surface area contributed by atoms with Crippen LogP contribution in [0.5, 0.6) is 0 Å². The van der Waals surface area contributed by atoms with Crippen LogP contribution in [0.4, 0.5) is 0 Å². The second-order valence-corrected chi connectivity index (χ2v) is 4.17. The number of carbonyl (C=O) groups excluding carboxylic acids is 1. The van der Waals surface area contributed by atoms with Crippen LogP contribution in [-0.2, 0) is 4.79 Å². The molecule has 1 rings (SSSR count). The van der Waals surface area contributed by atoms with Crippen LogP contribution in [0.25, 0.3) is 0 Å². The van der Waals surface area contributed by atoms with Gasteiger partial charge in [-0.05, 0) is 25.5 Å². The van der Waals surface area contributed by atoms with E-state index in [9.17, 15) is 4.79 Å². The average molecular weight is 234 g/mol. The molecule has 0 spiro atoms. The zero-order chi connectivity index (χ0) is 12.5. The smallest absolute Gasteiger partial charge is 0.227 e. The third-order valence-electron chi connectivity index (χ3n) is 2.72. The highest BCUT2D eigenvalue weighted by molar-refractivity contribution is 5.83. The Morgan fingerprint density at radius 3 is 2.53 bits per heavy atom. The van der Waals surface area contributed by atoms with Gasteiger partial charge in [-0.1, -0.05) is 37.3 Å². The lowest BCUT2D eigenvalue weighted by Gasteiger charge is -2.12. The number of nitrogens with one attached hydrogen (secondary N) is 2. The number of benzene rings is 1. The van der Waals surface area contributed by atoms with Gasteiger partial charge < -0.3 is 10.6 Å². The molecule has 3 heteroatoms. The van der Waals surface area contributed by atoms with Gasteiger partial charge in [-0.2, -0.15) is 0 Å². The lowest BCUT2D eigenvalue weighted by atomic mass is 10.0. The normalized spacial score (nSPS) is 12.1. The van der Waals surface area contributed by atoms with Gasteiger partial charge in [-0.3, -0.25) is 4.79 Å². The summed E-state index contributed by atoms with van der Waals surface area (Å²) in [6.45, 7) is 6.59. The monoisotopic (exact) mass is 234 g/mol. The maximum atomic E-state index is 11.8. The van der Waals surface area contributed by atoms with Crippen molar-refractivity contribution in [2.24, 2.45) is 0 Å². The molecule has 1 aromatic rings. The quantitative estimate of drug-likeness (QED) is 0.708. The first-order valence-corrected chi connectivity index (χ1v) is 6.29. The zero-order valence-corrected chi connectivity index (χ0v) is 10.7. The first-order valence-electron chi connectivity index (χ1n) is 6.29. The minimum atomic E-state index is -0.0811. The van der Waals surface area contributed by atoms with Crippen molar-refractivity contribution in [3.05, 3.63) is 35.9 Å². The molecule has 1 atom stereocenters. The summed E-state index contributed by atoms with van der Waals surface area (Å²) in [5, 5.41) is 6.19. The fourth-order valence-electron chi connectivity index (χ4n) is 1.62. The highest BCUT2D eigenvalue weighted by Gasteiger charge is 2.13. The van der Waals surface area contributed by atoms with Gasteiger partial charge in [0, 0.05) is 13.1 Å². The summed E-state index contributed by atoms with van der Waals surface area (Å²) in [5.74, 6) is 0.0110. The van der Waals surface area contributed by atoms with E-state index in [0.29, 0.717) is 6.54 Å². The van der Waals surface area contributed by atoms with E-state index in [1.54, 1.807) is 0 Å². The minimum Gasteiger partial charge on any atom is -0.354 e. The van der Waals surface area contributed by atoms with E-state index < -0.39 is 0 Å². The fraction of sp³-hybridized carbons (Fsp3) is 0.500. The molecular weight excluding hydrogens is 212 g/mol. The van der Waals surface area contributed by atoms with E-state index in [0.717, 1.165) is 25.1 Å². The first kappa shape index (κ1) is 13.7. The molecule has 0 bridgehead atoms. The van der Waals surface area contributed by atoms with Gasteiger partial charge in [-0.15, -0.1) is 0 Å². The predicted octanol–water partition coefficient (Wildman–Crippen LogP) is 1.91. The van der Waals surface area contributed by atoms with Gasteiger partial charge in [0.2, 0.25) is 5.91 Å². The third-order valence-corrected chi connectivity index (χ3v) is 2.72. The van der Waals surface area contributed by atoms with Crippen molar-refractivity contribution in [2.75, 3.05) is 19.6 Å². The highest BCUT2D eigenvalue weighted by atomic mass is 16.1. The van der Waals surface area contributed by atoms with Crippen molar-refractivity contribution in [1.82, 2.24) is 10.6 Å². The molecule has 17 heavy (non-hydrogen) atoms. The molecular formula is C14H22N2O. The molecule has 0 radical (unpaired) electrons. The van der Waals surface area contributed by atoms with Crippen LogP contribution in [0.3, 0.4) is 0 Å². The van der Waals surface area contributed by atoms with Crippen LogP contribution < -0.4 is 10.6 Å². The predicted molar refractivity (Wildman–Crippen MR) is 71.0 cm³/mol. The van der Waals surface area contributed by atoms with Crippen molar-refractivity contribution >= 4 is 5.91 Å². The van der Waals surface area contributed by atoms with E-state index >= 15 is 0 Å². The topological polar surface area (TPSA) is 41.1 Å². The second-order valence-electron chi connectivity index (χ2n) is 4.17. The van der Waals surface area contributed by atoms with Crippen LogP contribution in [0.2, 0.25) is 0 Å². The molecule has 2 N–H and O–H groups in total. The Morgan fingerprint density at radius 2 is 1.88 bits per heavy atom. The van der Waals surface area contributed by atoms with Gasteiger partial charge in [-0.25, -0.2) is 0 Å².